The summed E-state index contributed by atoms with van der Waals surface area (Å²) in [6, 6.07) is 16.3. The Morgan fingerprint density at radius 3 is 2.43 bits per heavy atom. The molecule has 1 aliphatic heterocycles. The van der Waals surface area contributed by atoms with Crippen LogP contribution in [0.15, 0.2) is 48.5 Å². The van der Waals surface area contributed by atoms with Crippen LogP contribution in [0.1, 0.15) is 24.0 Å². The molecule has 1 heterocycles. The Kier molecular flexibility index (Phi) is 4.79. The van der Waals surface area contributed by atoms with Crippen LogP contribution in [-0.2, 0) is 11.2 Å². The van der Waals surface area contributed by atoms with Crippen molar-refractivity contribution in [3.63, 3.8) is 0 Å². The fraction of sp³-hybridized carbons (Fsp3) is 0.333. The van der Waals surface area contributed by atoms with E-state index in [0.29, 0.717) is 0 Å². The van der Waals surface area contributed by atoms with Crippen molar-refractivity contribution in [2.45, 2.75) is 25.4 Å². The first-order valence-corrected chi connectivity index (χ1v) is 7.76. The minimum Gasteiger partial charge on any atom is -0.490 e. The molecule has 0 amide bonds. The first-order valence-electron chi connectivity index (χ1n) is 7.38. The Balaban J connectivity index is 1.62. The molecule has 0 atom stereocenters. The highest BCUT2D eigenvalue weighted by molar-refractivity contribution is 6.31. The summed E-state index contributed by atoms with van der Waals surface area (Å²) in [6.45, 7) is 1.60. The molecule has 2 aromatic carbocycles. The molecular formula is C18H19ClO2. The number of rotatable bonds is 4. The van der Waals surface area contributed by atoms with E-state index in [-0.39, 0.29) is 6.10 Å². The van der Waals surface area contributed by atoms with Crippen molar-refractivity contribution in [3.05, 3.63) is 64.7 Å². The predicted octanol–water partition coefficient (Wildman–Crippen LogP) is 4.49. The van der Waals surface area contributed by atoms with Crippen LogP contribution in [0.3, 0.4) is 0 Å². The molecule has 0 aliphatic carbocycles. The molecule has 3 heteroatoms. The molecule has 0 aromatic heterocycles. The van der Waals surface area contributed by atoms with Gasteiger partial charge in [-0.25, -0.2) is 0 Å². The van der Waals surface area contributed by atoms with Crippen molar-refractivity contribution < 1.29 is 9.47 Å². The number of hydrogen-bond acceptors (Lipinski definition) is 2. The van der Waals surface area contributed by atoms with Gasteiger partial charge in [-0.3, -0.25) is 0 Å². The molecule has 21 heavy (non-hydrogen) atoms. The SMILES string of the molecule is Clc1ccccc1Cc1ccc(OC2CCOCC2)cc1. The summed E-state index contributed by atoms with van der Waals surface area (Å²) in [7, 11) is 0. The minimum atomic E-state index is 0.285. The second-order valence-electron chi connectivity index (χ2n) is 5.34. The lowest BCUT2D eigenvalue weighted by Gasteiger charge is -2.23. The van der Waals surface area contributed by atoms with Crippen LogP contribution in [0.4, 0.5) is 0 Å². The molecule has 0 unspecified atom stereocenters. The largest absolute Gasteiger partial charge is 0.490 e. The average Bonchev–Trinajstić information content (AvgIpc) is 2.52. The smallest absolute Gasteiger partial charge is 0.119 e. The zero-order chi connectivity index (χ0) is 14.5. The molecule has 0 radical (unpaired) electrons. The van der Waals surface area contributed by atoms with Gasteiger partial charge in [-0.05, 0) is 35.7 Å². The van der Waals surface area contributed by atoms with Crippen molar-refractivity contribution in [1.82, 2.24) is 0 Å². The van der Waals surface area contributed by atoms with Crippen molar-refractivity contribution in [3.8, 4) is 5.75 Å². The molecule has 110 valence electrons. The molecule has 0 saturated carbocycles. The second kappa shape index (κ2) is 6.97. The van der Waals surface area contributed by atoms with Crippen LogP contribution in [0.5, 0.6) is 5.75 Å². The van der Waals surface area contributed by atoms with Gasteiger partial charge >= 0.3 is 0 Å². The predicted molar refractivity (Wildman–Crippen MR) is 85.2 cm³/mol. The zero-order valence-electron chi connectivity index (χ0n) is 11.9. The van der Waals surface area contributed by atoms with E-state index in [0.717, 1.165) is 48.8 Å². The van der Waals surface area contributed by atoms with Crippen LogP contribution in [0, 0.1) is 0 Å². The molecular weight excluding hydrogens is 284 g/mol. The van der Waals surface area contributed by atoms with Gasteiger partial charge in [0.25, 0.3) is 0 Å². The fourth-order valence-corrected chi connectivity index (χ4v) is 2.74. The van der Waals surface area contributed by atoms with E-state index in [4.69, 9.17) is 21.1 Å². The maximum Gasteiger partial charge on any atom is 0.119 e. The van der Waals surface area contributed by atoms with Crippen LogP contribution in [0.25, 0.3) is 0 Å². The molecule has 0 spiro atoms. The van der Waals surface area contributed by atoms with E-state index < -0.39 is 0 Å². The highest BCUT2D eigenvalue weighted by Crippen LogP contribution is 2.22. The minimum absolute atomic E-state index is 0.285. The third-order valence-electron chi connectivity index (χ3n) is 3.75. The standard InChI is InChI=1S/C18H19ClO2/c19-18-4-2-1-3-15(18)13-14-5-7-16(8-6-14)21-17-9-11-20-12-10-17/h1-8,17H,9-13H2. The summed E-state index contributed by atoms with van der Waals surface area (Å²) >= 11 is 6.20. The highest BCUT2D eigenvalue weighted by Gasteiger charge is 2.15. The highest BCUT2D eigenvalue weighted by atomic mass is 35.5. The third kappa shape index (κ3) is 3.99. The molecule has 2 nitrogen and oxygen atoms in total. The molecule has 1 aliphatic rings. The van der Waals surface area contributed by atoms with Gasteiger partial charge in [0.15, 0.2) is 0 Å². The van der Waals surface area contributed by atoms with Gasteiger partial charge in [0.05, 0.1) is 13.2 Å². The quantitative estimate of drug-likeness (QED) is 0.828. The molecule has 0 bridgehead atoms. The molecule has 1 saturated heterocycles. The monoisotopic (exact) mass is 302 g/mol. The summed E-state index contributed by atoms with van der Waals surface area (Å²) in [5, 5.41) is 0.819. The maximum absolute atomic E-state index is 6.20. The van der Waals surface area contributed by atoms with Gasteiger partial charge in [0, 0.05) is 17.9 Å². The van der Waals surface area contributed by atoms with Crippen molar-refractivity contribution in [2.24, 2.45) is 0 Å². The Morgan fingerprint density at radius 1 is 1.00 bits per heavy atom. The maximum atomic E-state index is 6.20. The lowest BCUT2D eigenvalue weighted by Crippen LogP contribution is -2.25. The summed E-state index contributed by atoms with van der Waals surface area (Å²) in [5.74, 6) is 0.935. The normalized spacial score (nSPS) is 15.9. The number of ether oxygens (including phenoxy) is 2. The number of halogens is 1. The van der Waals surface area contributed by atoms with Crippen molar-refractivity contribution in [2.75, 3.05) is 13.2 Å². The van der Waals surface area contributed by atoms with E-state index in [1.54, 1.807) is 0 Å². The molecule has 3 rings (SSSR count). The Morgan fingerprint density at radius 2 is 1.71 bits per heavy atom. The first-order chi connectivity index (χ1) is 10.3. The van der Waals surface area contributed by atoms with Gasteiger partial charge in [0.1, 0.15) is 11.9 Å². The van der Waals surface area contributed by atoms with E-state index in [1.165, 1.54) is 5.56 Å². The van der Waals surface area contributed by atoms with E-state index in [2.05, 4.69) is 18.2 Å². The van der Waals surface area contributed by atoms with Gasteiger partial charge in [-0.1, -0.05) is 41.9 Å². The summed E-state index contributed by atoms with van der Waals surface area (Å²) in [4.78, 5) is 0. The Labute approximate surface area is 130 Å². The van der Waals surface area contributed by atoms with Crippen LogP contribution in [0.2, 0.25) is 5.02 Å². The lowest BCUT2D eigenvalue weighted by molar-refractivity contribution is 0.0255. The molecule has 2 aromatic rings. The van der Waals surface area contributed by atoms with E-state index in [9.17, 15) is 0 Å². The summed E-state index contributed by atoms with van der Waals surface area (Å²) in [6.07, 6.45) is 3.08. The molecule has 1 fully saturated rings. The average molecular weight is 303 g/mol. The van der Waals surface area contributed by atoms with Crippen molar-refractivity contribution in [1.29, 1.82) is 0 Å². The van der Waals surface area contributed by atoms with Gasteiger partial charge < -0.3 is 9.47 Å². The Hall–Kier alpha value is -1.51. The third-order valence-corrected chi connectivity index (χ3v) is 4.12. The fourth-order valence-electron chi connectivity index (χ4n) is 2.53. The lowest BCUT2D eigenvalue weighted by atomic mass is 10.0. The summed E-state index contributed by atoms with van der Waals surface area (Å²) in [5.41, 5.74) is 2.39. The van der Waals surface area contributed by atoms with Crippen molar-refractivity contribution >= 4 is 11.6 Å². The van der Waals surface area contributed by atoms with E-state index in [1.807, 2.05) is 30.3 Å². The van der Waals surface area contributed by atoms with Gasteiger partial charge in [-0.15, -0.1) is 0 Å². The zero-order valence-corrected chi connectivity index (χ0v) is 12.7. The second-order valence-corrected chi connectivity index (χ2v) is 5.75. The van der Waals surface area contributed by atoms with Crippen LogP contribution >= 0.6 is 11.6 Å². The topological polar surface area (TPSA) is 18.5 Å². The van der Waals surface area contributed by atoms with Gasteiger partial charge in [-0.2, -0.15) is 0 Å². The Bertz CT molecular complexity index is 574. The summed E-state index contributed by atoms with van der Waals surface area (Å²) < 4.78 is 11.3. The van der Waals surface area contributed by atoms with Crippen LogP contribution < -0.4 is 4.74 Å². The number of hydrogen-bond donors (Lipinski definition) is 0. The first kappa shape index (κ1) is 14.4. The van der Waals surface area contributed by atoms with Crippen LogP contribution in [-0.4, -0.2) is 19.3 Å². The molecule has 0 N–H and O–H groups in total. The van der Waals surface area contributed by atoms with Gasteiger partial charge in [0.2, 0.25) is 0 Å². The number of benzene rings is 2. The van der Waals surface area contributed by atoms with E-state index >= 15 is 0 Å².